The minimum atomic E-state index is -1.38. The number of hydrogen-bond acceptors (Lipinski definition) is 5. The molecule has 88 valence electrons. The van der Waals surface area contributed by atoms with E-state index in [-0.39, 0.29) is 51.7 Å². The second-order valence-electron chi connectivity index (χ2n) is 3.11. The second-order valence-corrected chi connectivity index (χ2v) is 3.11. The fourth-order valence-corrected chi connectivity index (χ4v) is 1.32. The Bertz CT molecular complexity index is 123. The SMILES string of the molecule is Cl.OCCC(O)(CCO)C(CO)CO. The summed E-state index contributed by atoms with van der Waals surface area (Å²) in [4.78, 5) is 0. The Balaban J connectivity index is 0. The summed E-state index contributed by atoms with van der Waals surface area (Å²) in [6.07, 6.45) is 0.0820. The average Bonchev–Trinajstić information content (AvgIpc) is 2.07. The molecule has 6 heteroatoms. The summed E-state index contributed by atoms with van der Waals surface area (Å²) in [6.45, 7) is -1.22. The van der Waals surface area contributed by atoms with Gasteiger partial charge in [0.15, 0.2) is 0 Å². The Labute approximate surface area is 89.4 Å². The van der Waals surface area contributed by atoms with E-state index in [0.29, 0.717) is 0 Å². The molecule has 0 aliphatic rings. The maximum atomic E-state index is 9.83. The van der Waals surface area contributed by atoms with E-state index in [1.165, 1.54) is 0 Å². The van der Waals surface area contributed by atoms with Gasteiger partial charge in [0.05, 0.1) is 18.8 Å². The van der Waals surface area contributed by atoms with Gasteiger partial charge in [-0.2, -0.15) is 0 Å². The van der Waals surface area contributed by atoms with Crippen molar-refractivity contribution in [1.82, 2.24) is 0 Å². The van der Waals surface area contributed by atoms with Crippen molar-refractivity contribution >= 4 is 12.4 Å². The summed E-state index contributed by atoms with van der Waals surface area (Å²) in [6, 6.07) is 0. The van der Waals surface area contributed by atoms with Crippen molar-refractivity contribution in [2.24, 2.45) is 5.92 Å². The fraction of sp³-hybridized carbons (Fsp3) is 1.00. The van der Waals surface area contributed by atoms with Crippen LogP contribution in [0.15, 0.2) is 0 Å². The summed E-state index contributed by atoms with van der Waals surface area (Å²) in [5.74, 6) is -0.716. The van der Waals surface area contributed by atoms with Gasteiger partial charge in [0.25, 0.3) is 0 Å². The van der Waals surface area contributed by atoms with Gasteiger partial charge < -0.3 is 25.5 Å². The van der Waals surface area contributed by atoms with E-state index in [0.717, 1.165) is 0 Å². The highest BCUT2D eigenvalue weighted by molar-refractivity contribution is 5.85. The number of hydrogen-bond donors (Lipinski definition) is 5. The molecule has 0 aromatic rings. The molecule has 0 saturated carbocycles. The molecule has 0 rings (SSSR count). The fourth-order valence-electron chi connectivity index (χ4n) is 1.32. The number of aliphatic hydroxyl groups excluding tert-OH is 4. The van der Waals surface area contributed by atoms with Crippen molar-refractivity contribution < 1.29 is 25.5 Å². The van der Waals surface area contributed by atoms with Crippen LogP contribution in [0.4, 0.5) is 0 Å². The van der Waals surface area contributed by atoms with E-state index in [2.05, 4.69) is 0 Å². The largest absolute Gasteiger partial charge is 0.396 e. The van der Waals surface area contributed by atoms with Crippen molar-refractivity contribution in [2.45, 2.75) is 18.4 Å². The summed E-state index contributed by atoms with van der Waals surface area (Å²) in [5, 5.41) is 44.8. The van der Waals surface area contributed by atoms with Crippen molar-refractivity contribution in [3.8, 4) is 0 Å². The number of halogens is 1. The zero-order valence-corrected chi connectivity index (χ0v) is 8.78. The molecule has 0 amide bonds. The zero-order valence-electron chi connectivity index (χ0n) is 7.96. The molecule has 0 fully saturated rings. The Hall–Kier alpha value is 0.0900. The predicted molar refractivity (Wildman–Crippen MR) is 53.3 cm³/mol. The Morgan fingerprint density at radius 1 is 0.857 bits per heavy atom. The molecule has 0 aromatic carbocycles. The molecule has 0 aromatic heterocycles. The Kier molecular flexibility index (Phi) is 9.91. The molecule has 0 unspecified atom stereocenters. The number of rotatable bonds is 7. The first kappa shape index (κ1) is 16.5. The molecular formula is C8H19ClO5. The van der Waals surface area contributed by atoms with E-state index in [9.17, 15) is 5.11 Å². The first-order valence-corrected chi connectivity index (χ1v) is 4.30. The van der Waals surface area contributed by atoms with Crippen LogP contribution in [0.1, 0.15) is 12.8 Å². The molecule has 0 aliphatic heterocycles. The average molecular weight is 231 g/mol. The lowest BCUT2D eigenvalue weighted by molar-refractivity contribution is -0.0854. The minimum Gasteiger partial charge on any atom is -0.396 e. The number of aliphatic hydroxyl groups is 5. The van der Waals surface area contributed by atoms with Crippen molar-refractivity contribution in [3.63, 3.8) is 0 Å². The third kappa shape index (κ3) is 4.54. The topological polar surface area (TPSA) is 101 Å². The van der Waals surface area contributed by atoms with Gasteiger partial charge in [-0.15, -0.1) is 12.4 Å². The van der Waals surface area contributed by atoms with Gasteiger partial charge in [-0.3, -0.25) is 0 Å². The smallest absolute Gasteiger partial charge is 0.0763 e. The van der Waals surface area contributed by atoms with Crippen LogP contribution in [0.2, 0.25) is 0 Å². The maximum absolute atomic E-state index is 9.83. The molecule has 14 heavy (non-hydrogen) atoms. The van der Waals surface area contributed by atoms with E-state index in [1.807, 2.05) is 0 Å². The van der Waals surface area contributed by atoms with Crippen LogP contribution in [-0.4, -0.2) is 57.6 Å². The third-order valence-corrected chi connectivity index (χ3v) is 2.29. The molecule has 0 aliphatic carbocycles. The maximum Gasteiger partial charge on any atom is 0.0763 e. The Morgan fingerprint density at radius 2 is 1.21 bits per heavy atom. The lowest BCUT2D eigenvalue weighted by Crippen LogP contribution is -2.43. The predicted octanol–water partition coefficient (Wildman–Crippen LogP) is -1.50. The van der Waals surface area contributed by atoms with Crippen molar-refractivity contribution in [1.29, 1.82) is 0 Å². The zero-order chi connectivity index (χ0) is 10.3. The second kappa shape index (κ2) is 8.40. The highest BCUT2D eigenvalue weighted by Gasteiger charge is 2.34. The van der Waals surface area contributed by atoms with Gasteiger partial charge in [0.1, 0.15) is 0 Å². The molecule has 0 saturated heterocycles. The normalized spacial score (nSPS) is 11.6. The molecule has 0 heterocycles. The van der Waals surface area contributed by atoms with Gasteiger partial charge in [-0.25, -0.2) is 0 Å². The summed E-state index contributed by atoms with van der Waals surface area (Å²) < 4.78 is 0. The van der Waals surface area contributed by atoms with Crippen LogP contribution < -0.4 is 0 Å². The molecule has 5 N–H and O–H groups in total. The van der Waals surface area contributed by atoms with E-state index < -0.39 is 11.5 Å². The van der Waals surface area contributed by atoms with E-state index >= 15 is 0 Å². The summed E-state index contributed by atoms with van der Waals surface area (Å²) in [7, 11) is 0. The molecule has 0 spiro atoms. The van der Waals surface area contributed by atoms with Crippen LogP contribution in [0.5, 0.6) is 0 Å². The monoisotopic (exact) mass is 230 g/mol. The first-order chi connectivity index (χ1) is 6.14. The summed E-state index contributed by atoms with van der Waals surface area (Å²) >= 11 is 0. The quantitative estimate of drug-likeness (QED) is 0.367. The molecular weight excluding hydrogens is 212 g/mol. The molecule has 0 radical (unpaired) electrons. The van der Waals surface area contributed by atoms with Gasteiger partial charge in [-0.05, 0) is 12.8 Å². The first-order valence-electron chi connectivity index (χ1n) is 4.30. The van der Waals surface area contributed by atoms with Crippen LogP contribution in [0, 0.1) is 5.92 Å². The molecule has 5 nitrogen and oxygen atoms in total. The van der Waals surface area contributed by atoms with Crippen molar-refractivity contribution in [2.75, 3.05) is 26.4 Å². The van der Waals surface area contributed by atoms with E-state index in [4.69, 9.17) is 20.4 Å². The lowest BCUT2D eigenvalue weighted by atomic mass is 9.83. The van der Waals surface area contributed by atoms with Crippen LogP contribution in [-0.2, 0) is 0 Å². The van der Waals surface area contributed by atoms with Crippen molar-refractivity contribution in [3.05, 3.63) is 0 Å². The highest BCUT2D eigenvalue weighted by Crippen LogP contribution is 2.24. The van der Waals surface area contributed by atoms with Crippen LogP contribution in [0.3, 0.4) is 0 Å². The van der Waals surface area contributed by atoms with Gasteiger partial charge in [0.2, 0.25) is 0 Å². The van der Waals surface area contributed by atoms with Crippen LogP contribution >= 0.6 is 12.4 Å². The van der Waals surface area contributed by atoms with Gasteiger partial charge in [0, 0.05) is 19.1 Å². The molecule has 0 atom stereocenters. The van der Waals surface area contributed by atoms with Gasteiger partial charge in [-0.1, -0.05) is 0 Å². The molecule has 0 bridgehead atoms. The highest BCUT2D eigenvalue weighted by atomic mass is 35.5. The standard InChI is InChI=1S/C8H18O5.ClH/c9-3-1-8(13,2-4-10)7(5-11)6-12;/h7,9-13H,1-6H2;1H. The van der Waals surface area contributed by atoms with Gasteiger partial charge >= 0.3 is 0 Å². The Morgan fingerprint density at radius 3 is 1.43 bits per heavy atom. The lowest BCUT2D eigenvalue weighted by Gasteiger charge is -2.33. The van der Waals surface area contributed by atoms with Crippen LogP contribution in [0.25, 0.3) is 0 Å². The minimum absolute atomic E-state index is 0. The van der Waals surface area contributed by atoms with E-state index in [1.54, 1.807) is 0 Å². The summed E-state index contributed by atoms with van der Waals surface area (Å²) in [5.41, 5.74) is -1.38. The third-order valence-electron chi connectivity index (χ3n) is 2.29.